The molecule has 1 atom stereocenters. The molecule has 0 aromatic heterocycles. The zero-order valence-corrected chi connectivity index (χ0v) is 11.5. The van der Waals surface area contributed by atoms with Crippen molar-refractivity contribution in [1.82, 2.24) is 4.90 Å². The van der Waals surface area contributed by atoms with Gasteiger partial charge in [-0.3, -0.25) is 0 Å². The molecule has 0 aliphatic rings. The van der Waals surface area contributed by atoms with Crippen molar-refractivity contribution in [2.45, 2.75) is 10.9 Å². The fourth-order valence-corrected chi connectivity index (χ4v) is 2.10. The number of hydrogen-bond acceptors (Lipinski definition) is 4. The summed E-state index contributed by atoms with van der Waals surface area (Å²) in [6.07, 6.45) is 0. The molecule has 96 valence electrons. The fraction of sp³-hybridized carbons (Fsp3) is 0.538. The predicted molar refractivity (Wildman–Crippen MR) is 74.5 cm³/mol. The number of likely N-dealkylation sites (N-methyl/N-ethyl adjacent to an activating group) is 1. The van der Waals surface area contributed by atoms with E-state index in [1.165, 1.54) is 4.90 Å². The third-order valence-electron chi connectivity index (χ3n) is 2.22. The first-order chi connectivity index (χ1) is 8.18. The number of rotatable bonds is 8. The Morgan fingerprint density at radius 3 is 2.65 bits per heavy atom. The van der Waals surface area contributed by atoms with Crippen LogP contribution in [0, 0.1) is 0 Å². The third-order valence-corrected chi connectivity index (χ3v) is 3.42. The second-order valence-electron chi connectivity index (χ2n) is 4.26. The van der Waals surface area contributed by atoms with Crippen molar-refractivity contribution < 1.29 is 4.74 Å². The Labute approximate surface area is 108 Å². The molecule has 2 N–H and O–H groups in total. The molecule has 0 aliphatic heterocycles. The average Bonchev–Trinajstić information content (AvgIpc) is 2.33. The standard InChI is InChI=1S/C13H22N2OS/c1-15(2)8-9-16-10-12(14)11-17-13-6-4-3-5-7-13/h3-7,12H,8-11,14H2,1-2H3. The van der Waals surface area contributed by atoms with Crippen molar-refractivity contribution in [3.63, 3.8) is 0 Å². The number of ether oxygens (including phenoxy) is 1. The number of nitrogens with two attached hydrogens (primary N) is 1. The Bertz CT molecular complexity index is 293. The van der Waals surface area contributed by atoms with Gasteiger partial charge in [-0.05, 0) is 26.2 Å². The highest BCUT2D eigenvalue weighted by atomic mass is 32.2. The van der Waals surface area contributed by atoms with Crippen molar-refractivity contribution >= 4 is 11.8 Å². The lowest BCUT2D eigenvalue weighted by Crippen LogP contribution is -2.30. The average molecular weight is 254 g/mol. The monoisotopic (exact) mass is 254 g/mol. The van der Waals surface area contributed by atoms with Crippen molar-refractivity contribution in [1.29, 1.82) is 0 Å². The van der Waals surface area contributed by atoms with Gasteiger partial charge >= 0.3 is 0 Å². The molecule has 0 bridgehead atoms. The van der Waals surface area contributed by atoms with Crippen LogP contribution in [0.4, 0.5) is 0 Å². The minimum Gasteiger partial charge on any atom is -0.378 e. The Morgan fingerprint density at radius 2 is 2.00 bits per heavy atom. The van der Waals surface area contributed by atoms with Gasteiger partial charge in [0.1, 0.15) is 0 Å². The highest BCUT2D eigenvalue weighted by molar-refractivity contribution is 7.99. The van der Waals surface area contributed by atoms with Gasteiger partial charge in [0, 0.05) is 23.2 Å². The van der Waals surface area contributed by atoms with Crippen LogP contribution in [0.15, 0.2) is 35.2 Å². The Hall–Kier alpha value is -0.550. The van der Waals surface area contributed by atoms with Crippen LogP contribution in [-0.2, 0) is 4.74 Å². The molecule has 17 heavy (non-hydrogen) atoms. The minimum atomic E-state index is 0.0994. The van der Waals surface area contributed by atoms with Crippen LogP contribution in [0.5, 0.6) is 0 Å². The number of nitrogens with zero attached hydrogens (tertiary/aromatic N) is 1. The number of thioether (sulfide) groups is 1. The van der Waals surface area contributed by atoms with Crippen molar-refractivity contribution in [3.8, 4) is 0 Å². The maximum atomic E-state index is 5.98. The summed E-state index contributed by atoms with van der Waals surface area (Å²) >= 11 is 1.78. The lowest BCUT2D eigenvalue weighted by Gasteiger charge is -2.13. The van der Waals surface area contributed by atoms with E-state index in [4.69, 9.17) is 10.5 Å². The molecular formula is C13H22N2OS. The van der Waals surface area contributed by atoms with Crippen molar-refractivity contribution in [2.24, 2.45) is 5.73 Å². The van der Waals surface area contributed by atoms with Gasteiger partial charge in [0.05, 0.1) is 13.2 Å². The van der Waals surface area contributed by atoms with E-state index in [-0.39, 0.29) is 6.04 Å². The molecule has 4 heteroatoms. The molecule has 1 aromatic carbocycles. The summed E-state index contributed by atoms with van der Waals surface area (Å²) in [6.45, 7) is 2.32. The molecule has 0 spiro atoms. The molecule has 0 saturated heterocycles. The number of benzene rings is 1. The third kappa shape index (κ3) is 7.39. The topological polar surface area (TPSA) is 38.5 Å². The lowest BCUT2D eigenvalue weighted by molar-refractivity contribution is 0.110. The van der Waals surface area contributed by atoms with Gasteiger partial charge in [0.2, 0.25) is 0 Å². The maximum Gasteiger partial charge on any atom is 0.0626 e. The van der Waals surface area contributed by atoms with Gasteiger partial charge in [0.25, 0.3) is 0 Å². The molecule has 3 nitrogen and oxygen atoms in total. The Balaban J connectivity index is 2.07. The molecular weight excluding hydrogens is 232 g/mol. The van der Waals surface area contributed by atoms with E-state index in [9.17, 15) is 0 Å². The Kier molecular flexibility index (Phi) is 7.28. The van der Waals surface area contributed by atoms with E-state index < -0.39 is 0 Å². The summed E-state index contributed by atoms with van der Waals surface area (Å²) in [7, 11) is 4.07. The Morgan fingerprint density at radius 1 is 1.29 bits per heavy atom. The van der Waals surface area contributed by atoms with Crippen LogP contribution in [-0.4, -0.2) is 50.5 Å². The van der Waals surface area contributed by atoms with Crippen LogP contribution in [0.25, 0.3) is 0 Å². The molecule has 1 rings (SSSR count). The van der Waals surface area contributed by atoms with Crippen molar-refractivity contribution in [2.75, 3.05) is 39.6 Å². The second kappa shape index (κ2) is 8.53. The van der Waals surface area contributed by atoms with E-state index in [1.807, 2.05) is 32.3 Å². The first-order valence-corrected chi connectivity index (χ1v) is 6.83. The summed E-state index contributed by atoms with van der Waals surface area (Å²) in [6, 6.07) is 10.4. The van der Waals surface area contributed by atoms with Gasteiger partial charge in [0.15, 0.2) is 0 Å². The molecule has 1 unspecified atom stereocenters. The molecule has 0 aliphatic carbocycles. The van der Waals surface area contributed by atoms with Crippen molar-refractivity contribution in [3.05, 3.63) is 30.3 Å². The lowest BCUT2D eigenvalue weighted by atomic mass is 10.4. The van der Waals surface area contributed by atoms with Crippen LogP contribution in [0.1, 0.15) is 0 Å². The van der Waals surface area contributed by atoms with E-state index in [1.54, 1.807) is 11.8 Å². The summed E-state index contributed by atoms with van der Waals surface area (Å²) in [4.78, 5) is 3.36. The summed E-state index contributed by atoms with van der Waals surface area (Å²) < 4.78 is 5.51. The molecule has 0 amide bonds. The first kappa shape index (κ1) is 14.5. The zero-order chi connectivity index (χ0) is 12.5. The van der Waals surface area contributed by atoms with Gasteiger partial charge in [-0.25, -0.2) is 0 Å². The van der Waals surface area contributed by atoms with Crippen LogP contribution in [0.2, 0.25) is 0 Å². The number of hydrogen-bond donors (Lipinski definition) is 1. The molecule has 1 aromatic rings. The fourth-order valence-electron chi connectivity index (χ4n) is 1.25. The zero-order valence-electron chi connectivity index (χ0n) is 10.6. The molecule has 0 radical (unpaired) electrons. The minimum absolute atomic E-state index is 0.0994. The van der Waals surface area contributed by atoms with E-state index in [2.05, 4.69) is 17.0 Å². The first-order valence-electron chi connectivity index (χ1n) is 5.84. The van der Waals surface area contributed by atoms with Gasteiger partial charge in [-0.15, -0.1) is 11.8 Å². The van der Waals surface area contributed by atoms with Gasteiger partial charge in [-0.2, -0.15) is 0 Å². The largest absolute Gasteiger partial charge is 0.378 e. The molecule has 0 heterocycles. The smallest absolute Gasteiger partial charge is 0.0626 e. The van der Waals surface area contributed by atoms with Crippen LogP contribution >= 0.6 is 11.8 Å². The summed E-state index contributed by atoms with van der Waals surface area (Å²) in [5.41, 5.74) is 5.98. The van der Waals surface area contributed by atoms with Crippen LogP contribution in [0.3, 0.4) is 0 Å². The van der Waals surface area contributed by atoms with E-state index in [0.717, 1.165) is 18.9 Å². The second-order valence-corrected chi connectivity index (χ2v) is 5.36. The van der Waals surface area contributed by atoms with E-state index >= 15 is 0 Å². The molecule has 0 fully saturated rings. The quantitative estimate of drug-likeness (QED) is 0.566. The normalized spacial score (nSPS) is 12.9. The highest BCUT2D eigenvalue weighted by Gasteiger charge is 2.03. The highest BCUT2D eigenvalue weighted by Crippen LogP contribution is 2.17. The predicted octanol–water partition coefficient (Wildman–Crippen LogP) is 1.68. The summed E-state index contributed by atoms with van der Waals surface area (Å²) in [5, 5.41) is 0. The van der Waals surface area contributed by atoms with Gasteiger partial charge < -0.3 is 15.4 Å². The summed E-state index contributed by atoms with van der Waals surface area (Å²) in [5.74, 6) is 0.895. The maximum absolute atomic E-state index is 5.98. The molecule has 0 saturated carbocycles. The van der Waals surface area contributed by atoms with Gasteiger partial charge in [-0.1, -0.05) is 18.2 Å². The van der Waals surface area contributed by atoms with E-state index in [0.29, 0.717) is 6.61 Å². The SMILES string of the molecule is CN(C)CCOCC(N)CSc1ccccc1. The van der Waals surface area contributed by atoms with Crippen LogP contribution < -0.4 is 5.73 Å².